The van der Waals surface area contributed by atoms with Gasteiger partial charge in [0.2, 0.25) is 41.4 Å². The van der Waals surface area contributed by atoms with Crippen LogP contribution in [-0.4, -0.2) is 197 Å². The number of carbonyl (C=O) groups is 12. The molecule has 4 aromatic rings. The normalized spacial score (nSPS) is 17.1. The first-order chi connectivity index (χ1) is 47.5. The maximum atomic E-state index is 14.9. The number of benzene rings is 3. The highest BCUT2D eigenvalue weighted by Gasteiger charge is 2.44. The van der Waals surface area contributed by atoms with E-state index >= 15 is 0 Å². The van der Waals surface area contributed by atoms with E-state index in [1.54, 1.807) is 102 Å². The summed E-state index contributed by atoms with van der Waals surface area (Å²) in [5.41, 5.74) is 8.00. The lowest BCUT2D eigenvalue weighted by Crippen LogP contribution is -2.60. The standard InChI is InChI=1S/C71H100N12O17/c1-13-42(6)62(54(97-11)36-58(87)82-34-20-26-53(82)64(98-12)43(7)65(90)75-44(8)63(89)46-21-15-14-16-22-46)80(9)69(94)60(40(2)3)79-68(93)61(41(4)5)81(10)71(96)99-39-45-27-29-48(30-28-45)76-66(91)51(25-19-33-73-70(72)95)78-67(92)52(35-47-38-74-50-24-18-17-23-49(47)50)77-55(84)37-59(88)100-83-56(85)31-32-57(83)86/h14-18,21-24,27-30,38,40-44,51-54,60-64,74,89H,13,19-20,25-26,31-37,39H2,1-12H3,(H,75,90)(H,76,91)(H,77,84)(H,78,92)(H,79,93)(H3,72,73,95)/t42-,43+,44+,51-,52-,53-,54+,60-,61-,62-,63+,64+/m0/s1. The Kier molecular flexibility index (Phi) is 29.9. The van der Waals surface area contributed by atoms with Crippen LogP contribution in [0.15, 0.2) is 85.1 Å². The highest BCUT2D eigenvalue weighted by Crippen LogP contribution is 2.31. The zero-order valence-corrected chi connectivity index (χ0v) is 59.2. The number of amides is 12. The number of ether oxygens (including phenoxy) is 3. The van der Waals surface area contributed by atoms with Crippen LogP contribution in [0.4, 0.5) is 15.3 Å². The first-order valence-electron chi connectivity index (χ1n) is 34.0. The van der Waals surface area contributed by atoms with E-state index in [0.29, 0.717) is 47.6 Å². The summed E-state index contributed by atoms with van der Waals surface area (Å²) in [6.07, 6.45) is -1.21. The minimum atomic E-state index is -1.40. The molecule has 6 rings (SSSR count). The van der Waals surface area contributed by atoms with Crippen LogP contribution in [-0.2, 0) is 80.0 Å². The van der Waals surface area contributed by atoms with E-state index in [4.69, 9.17) is 24.8 Å². The Balaban J connectivity index is 1.07. The number of methoxy groups -OCH3 is 2. The highest BCUT2D eigenvalue weighted by molar-refractivity contribution is 6.04. The number of para-hydroxylation sites is 1. The van der Waals surface area contributed by atoms with E-state index in [0.717, 1.165) is 15.8 Å². The summed E-state index contributed by atoms with van der Waals surface area (Å²) in [6.45, 7) is 14.6. The fourth-order valence-corrected chi connectivity index (χ4v) is 12.8. The number of likely N-dealkylation sites (tertiary alicyclic amines) is 1. The van der Waals surface area contributed by atoms with Gasteiger partial charge in [-0.15, -0.1) is 5.06 Å². The third kappa shape index (κ3) is 21.5. The molecule has 2 fully saturated rings. The monoisotopic (exact) mass is 1390 g/mol. The molecule has 12 atom stereocenters. The summed E-state index contributed by atoms with van der Waals surface area (Å²) in [6, 6.07) is 15.0. The zero-order chi connectivity index (χ0) is 73.7. The average Bonchev–Trinajstić information content (AvgIpc) is 1.44. The first-order valence-corrected chi connectivity index (χ1v) is 34.0. The number of aromatic amines is 1. The summed E-state index contributed by atoms with van der Waals surface area (Å²) in [7, 11) is 6.03. The minimum absolute atomic E-state index is 0.0328. The molecule has 0 spiro atoms. The molecule has 29 heteroatoms. The van der Waals surface area contributed by atoms with Crippen LogP contribution in [0.2, 0.25) is 0 Å². The predicted molar refractivity (Wildman–Crippen MR) is 368 cm³/mol. The second-order valence-electron chi connectivity index (χ2n) is 26.4. The molecule has 2 saturated heterocycles. The van der Waals surface area contributed by atoms with Crippen LogP contribution in [0.3, 0.4) is 0 Å². The molecule has 100 heavy (non-hydrogen) atoms. The van der Waals surface area contributed by atoms with Gasteiger partial charge >= 0.3 is 18.1 Å². The Morgan fingerprint density at radius 3 is 2.03 bits per heavy atom. The number of urea groups is 1. The lowest BCUT2D eigenvalue weighted by Gasteiger charge is -2.41. The van der Waals surface area contributed by atoms with Crippen LogP contribution < -0.4 is 37.6 Å². The molecule has 3 heterocycles. The van der Waals surface area contributed by atoms with E-state index < -0.39 is 144 Å². The number of nitrogens with two attached hydrogens (primary N) is 1. The van der Waals surface area contributed by atoms with Gasteiger partial charge in [0.1, 0.15) is 37.2 Å². The molecule has 0 saturated carbocycles. The summed E-state index contributed by atoms with van der Waals surface area (Å²) >= 11 is 0. The number of carbonyl (C=O) groups excluding carboxylic acids is 12. The zero-order valence-electron chi connectivity index (χ0n) is 59.2. The molecule has 10 N–H and O–H groups in total. The number of nitrogens with zero attached hydrogens (tertiary/aromatic N) is 4. The summed E-state index contributed by atoms with van der Waals surface area (Å²) in [5.74, 6) is -8.70. The van der Waals surface area contributed by atoms with Gasteiger partial charge in [-0.1, -0.05) is 116 Å². The predicted octanol–water partition coefficient (Wildman–Crippen LogP) is 4.66. The number of imide groups is 1. The summed E-state index contributed by atoms with van der Waals surface area (Å²) < 4.78 is 17.8. The SMILES string of the molecule is CC[C@H](C)[C@@H]([C@@H](CC(=O)N1CCC[C@H]1[C@H](OC)[C@@H](C)C(=O)N[C@H](C)[C@@H](O)c1ccccc1)OC)N(C)C(=O)[C@@H](NC(=O)[C@H](C(C)C)N(C)C(=O)OCc1ccc(NC(=O)[C@H](CCCNC(N)=O)NC(=O)[C@H](Cc2c[nH]c3ccccc23)NC(=O)CC(=O)ON2C(=O)CCC2=O)cc1)C(C)C. The van der Waals surface area contributed by atoms with Crippen molar-refractivity contribution in [3.63, 3.8) is 0 Å². The second-order valence-corrected chi connectivity index (χ2v) is 26.4. The number of rotatable bonds is 36. The van der Waals surface area contributed by atoms with Crippen molar-refractivity contribution in [3.8, 4) is 0 Å². The number of fused-ring (bicyclic) bond motifs is 1. The number of H-pyrrole nitrogens is 1. The number of hydrogen-bond acceptors (Lipinski definition) is 17. The smallest absolute Gasteiger partial charge is 0.410 e. The quantitative estimate of drug-likeness (QED) is 0.0170. The van der Waals surface area contributed by atoms with Gasteiger partial charge in [0.15, 0.2) is 0 Å². The summed E-state index contributed by atoms with van der Waals surface area (Å²) in [4.78, 5) is 174. The second kappa shape index (κ2) is 37.6. The fourth-order valence-electron chi connectivity index (χ4n) is 12.8. The Labute approximate surface area is 583 Å². The van der Waals surface area contributed by atoms with Crippen molar-refractivity contribution in [1.29, 1.82) is 0 Å². The summed E-state index contributed by atoms with van der Waals surface area (Å²) in [5, 5.41) is 28.3. The molecular weight excluding hydrogens is 1290 g/mol. The van der Waals surface area contributed by atoms with Gasteiger partial charge in [-0.25, -0.2) is 14.4 Å². The molecule has 0 unspecified atom stereocenters. The van der Waals surface area contributed by atoms with E-state index in [9.17, 15) is 62.6 Å². The van der Waals surface area contributed by atoms with Gasteiger partial charge < -0.3 is 76.6 Å². The van der Waals surface area contributed by atoms with Crippen molar-refractivity contribution in [2.24, 2.45) is 29.4 Å². The van der Waals surface area contributed by atoms with Crippen molar-refractivity contribution in [3.05, 3.63) is 102 Å². The minimum Gasteiger partial charge on any atom is -0.445 e. The number of likely N-dealkylation sites (N-methyl/N-ethyl adjacent to an activating group) is 2. The van der Waals surface area contributed by atoms with Crippen LogP contribution in [0, 0.1) is 23.7 Å². The molecule has 0 radical (unpaired) electrons. The maximum Gasteiger partial charge on any atom is 0.410 e. The fraction of sp³-hybridized carbons (Fsp3) is 0.549. The number of nitrogens with one attached hydrogen (secondary N) is 7. The lowest BCUT2D eigenvalue weighted by atomic mass is 9.89. The Bertz CT molecular complexity index is 3480. The van der Waals surface area contributed by atoms with Crippen molar-refractivity contribution in [2.45, 2.75) is 187 Å². The number of anilines is 1. The van der Waals surface area contributed by atoms with Crippen LogP contribution in [0.25, 0.3) is 10.9 Å². The van der Waals surface area contributed by atoms with Crippen LogP contribution >= 0.6 is 0 Å². The van der Waals surface area contributed by atoms with E-state index in [-0.39, 0.29) is 75.1 Å². The Morgan fingerprint density at radius 1 is 0.750 bits per heavy atom. The van der Waals surface area contributed by atoms with Gasteiger partial charge in [0, 0.05) is 83.5 Å². The van der Waals surface area contributed by atoms with E-state index in [1.807, 2.05) is 38.1 Å². The number of hydrogen-bond donors (Lipinski definition) is 9. The third-order valence-electron chi connectivity index (χ3n) is 18.5. The molecule has 2 aliphatic rings. The van der Waals surface area contributed by atoms with Crippen molar-refractivity contribution >= 4 is 87.8 Å². The highest BCUT2D eigenvalue weighted by atomic mass is 16.7. The molecule has 546 valence electrons. The molecule has 2 aliphatic heterocycles. The van der Waals surface area contributed by atoms with Crippen LogP contribution in [0.1, 0.15) is 136 Å². The lowest BCUT2D eigenvalue weighted by molar-refractivity contribution is -0.197. The van der Waals surface area contributed by atoms with Gasteiger partial charge in [0.25, 0.3) is 11.8 Å². The third-order valence-corrected chi connectivity index (χ3v) is 18.5. The van der Waals surface area contributed by atoms with E-state index in [2.05, 4.69) is 36.9 Å². The number of aromatic nitrogens is 1. The van der Waals surface area contributed by atoms with Crippen molar-refractivity contribution in [1.82, 2.24) is 51.3 Å². The van der Waals surface area contributed by atoms with Crippen molar-refractivity contribution < 1.29 is 81.7 Å². The van der Waals surface area contributed by atoms with Gasteiger partial charge in [-0.05, 0) is 85.3 Å². The maximum absolute atomic E-state index is 14.9. The topological polar surface area (TPSA) is 389 Å². The van der Waals surface area contributed by atoms with Gasteiger partial charge in [-0.3, -0.25) is 48.1 Å². The Hall–Kier alpha value is -9.48. The van der Waals surface area contributed by atoms with Gasteiger partial charge in [-0.2, -0.15) is 0 Å². The molecule has 29 nitrogen and oxygen atoms in total. The average molecular weight is 1390 g/mol. The number of primary amides is 1. The van der Waals surface area contributed by atoms with Gasteiger partial charge in [0.05, 0.1) is 48.8 Å². The molecule has 0 aliphatic carbocycles. The van der Waals surface area contributed by atoms with E-state index in [1.165, 1.54) is 38.3 Å². The first kappa shape index (κ1) is 79.5. The molecule has 0 bridgehead atoms. The number of aliphatic hydroxyl groups excluding tert-OH is 1. The molecular formula is C71H100N12O17. The number of aliphatic hydroxyl groups is 1. The van der Waals surface area contributed by atoms with Crippen LogP contribution in [0.5, 0.6) is 0 Å². The molecule has 3 aromatic carbocycles. The Morgan fingerprint density at radius 2 is 1.41 bits per heavy atom. The largest absolute Gasteiger partial charge is 0.445 e. The molecule has 12 amide bonds. The number of hydroxylamine groups is 2. The van der Waals surface area contributed by atoms with Crippen molar-refractivity contribution in [2.75, 3.05) is 46.7 Å². The molecule has 1 aromatic heterocycles.